The molecular formula is C12H23NO5. The van der Waals surface area contributed by atoms with Gasteiger partial charge < -0.3 is 20.2 Å². The van der Waals surface area contributed by atoms with E-state index in [1.807, 2.05) is 6.92 Å². The second kappa shape index (κ2) is 9.85. The number of carboxylic acids is 1. The van der Waals surface area contributed by atoms with E-state index in [9.17, 15) is 9.59 Å². The standard InChI is InChI=1S/C12H23NO5/c1-2-3-4-10(12(17)18)9-11(16)13(5-7-14)6-8-15/h10,14-15H,2-9H2,1H3,(H,17,18). The van der Waals surface area contributed by atoms with E-state index in [2.05, 4.69) is 0 Å². The number of rotatable bonds is 10. The predicted octanol–water partition coefficient (Wildman–Crippen LogP) is 0.0807. The van der Waals surface area contributed by atoms with Gasteiger partial charge in [0.25, 0.3) is 0 Å². The largest absolute Gasteiger partial charge is 0.481 e. The van der Waals surface area contributed by atoms with Crippen LogP contribution in [0.1, 0.15) is 32.6 Å². The highest BCUT2D eigenvalue weighted by Crippen LogP contribution is 2.14. The minimum Gasteiger partial charge on any atom is -0.481 e. The third kappa shape index (κ3) is 6.56. The Morgan fingerprint density at radius 1 is 1.17 bits per heavy atom. The Morgan fingerprint density at radius 3 is 2.11 bits per heavy atom. The van der Waals surface area contributed by atoms with Crippen LogP contribution in [0.5, 0.6) is 0 Å². The monoisotopic (exact) mass is 261 g/mol. The van der Waals surface area contributed by atoms with E-state index in [4.69, 9.17) is 15.3 Å². The summed E-state index contributed by atoms with van der Waals surface area (Å²) in [4.78, 5) is 24.1. The van der Waals surface area contributed by atoms with Gasteiger partial charge in [-0.1, -0.05) is 19.8 Å². The number of aliphatic hydroxyl groups excluding tert-OH is 2. The molecule has 18 heavy (non-hydrogen) atoms. The lowest BCUT2D eigenvalue weighted by Crippen LogP contribution is -2.37. The average molecular weight is 261 g/mol. The van der Waals surface area contributed by atoms with Crippen molar-refractivity contribution in [2.24, 2.45) is 5.92 Å². The normalized spacial score (nSPS) is 12.2. The number of carboxylic acid groups (broad SMARTS) is 1. The molecule has 0 heterocycles. The van der Waals surface area contributed by atoms with Crippen molar-refractivity contribution >= 4 is 11.9 Å². The molecule has 0 saturated heterocycles. The molecule has 0 aliphatic rings. The van der Waals surface area contributed by atoms with Crippen molar-refractivity contribution in [2.75, 3.05) is 26.3 Å². The molecule has 1 atom stereocenters. The van der Waals surface area contributed by atoms with Gasteiger partial charge in [0.2, 0.25) is 5.91 Å². The summed E-state index contributed by atoms with van der Waals surface area (Å²) >= 11 is 0. The molecule has 6 nitrogen and oxygen atoms in total. The highest BCUT2D eigenvalue weighted by Gasteiger charge is 2.23. The molecule has 0 bridgehead atoms. The fourth-order valence-corrected chi connectivity index (χ4v) is 1.71. The molecular weight excluding hydrogens is 238 g/mol. The number of carbonyl (C=O) groups excluding carboxylic acids is 1. The molecule has 1 unspecified atom stereocenters. The van der Waals surface area contributed by atoms with Gasteiger partial charge in [0, 0.05) is 19.5 Å². The Morgan fingerprint density at radius 2 is 1.72 bits per heavy atom. The van der Waals surface area contributed by atoms with Crippen molar-refractivity contribution in [2.45, 2.75) is 32.6 Å². The van der Waals surface area contributed by atoms with Crippen molar-refractivity contribution in [3.63, 3.8) is 0 Å². The predicted molar refractivity (Wildman–Crippen MR) is 66.0 cm³/mol. The lowest BCUT2D eigenvalue weighted by atomic mass is 9.98. The summed E-state index contributed by atoms with van der Waals surface area (Å²) in [5.74, 6) is -1.98. The highest BCUT2D eigenvalue weighted by atomic mass is 16.4. The van der Waals surface area contributed by atoms with Gasteiger partial charge in [0.1, 0.15) is 0 Å². The summed E-state index contributed by atoms with van der Waals surface area (Å²) in [6.07, 6.45) is 2.05. The van der Waals surface area contributed by atoms with E-state index in [-0.39, 0.29) is 38.6 Å². The van der Waals surface area contributed by atoms with Crippen molar-refractivity contribution in [1.82, 2.24) is 4.90 Å². The summed E-state index contributed by atoms with van der Waals surface area (Å²) in [5, 5.41) is 26.6. The number of hydrogen-bond acceptors (Lipinski definition) is 4. The number of aliphatic hydroxyl groups is 2. The Bertz CT molecular complexity index is 251. The summed E-state index contributed by atoms with van der Waals surface area (Å²) in [6, 6.07) is 0. The molecule has 1 amide bonds. The van der Waals surface area contributed by atoms with Crippen LogP contribution in [0.4, 0.5) is 0 Å². The van der Waals surface area contributed by atoms with Crippen LogP contribution in [0, 0.1) is 5.92 Å². The van der Waals surface area contributed by atoms with E-state index in [0.717, 1.165) is 12.8 Å². The zero-order valence-electron chi connectivity index (χ0n) is 10.8. The molecule has 0 radical (unpaired) electrons. The maximum atomic E-state index is 11.8. The van der Waals surface area contributed by atoms with Crippen molar-refractivity contribution in [1.29, 1.82) is 0 Å². The van der Waals surface area contributed by atoms with Crippen molar-refractivity contribution in [3.8, 4) is 0 Å². The van der Waals surface area contributed by atoms with Crippen LogP contribution in [-0.4, -0.2) is 58.4 Å². The first-order valence-electron chi connectivity index (χ1n) is 6.29. The van der Waals surface area contributed by atoms with Crippen LogP contribution >= 0.6 is 0 Å². The van der Waals surface area contributed by atoms with Crippen LogP contribution in [0.2, 0.25) is 0 Å². The first-order valence-corrected chi connectivity index (χ1v) is 6.29. The van der Waals surface area contributed by atoms with E-state index < -0.39 is 11.9 Å². The second-order valence-electron chi connectivity index (χ2n) is 4.21. The maximum absolute atomic E-state index is 11.8. The summed E-state index contributed by atoms with van der Waals surface area (Å²) in [7, 11) is 0. The SMILES string of the molecule is CCCCC(CC(=O)N(CCO)CCO)C(=O)O. The van der Waals surface area contributed by atoms with Crippen LogP contribution < -0.4 is 0 Å². The smallest absolute Gasteiger partial charge is 0.307 e. The Kier molecular flexibility index (Phi) is 9.22. The fourth-order valence-electron chi connectivity index (χ4n) is 1.71. The minimum atomic E-state index is -0.968. The first kappa shape index (κ1) is 16.9. The Labute approximate surface area is 107 Å². The number of amides is 1. The van der Waals surface area contributed by atoms with Gasteiger partial charge in [-0.05, 0) is 6.42 Å². The van der Waals surface area contributed by atoms with Gasteiger partial charge in [0.15, 0.2) is 0 Å². The zero-order valence-corrected chi connectivity index (χ0v) is 10.8. The van der Waals surface area contributed by atoms with E-state index in [1.54, 1.807) is 0 Å². The molecule has 0 aliphatic heterocycles. The zero-order chi connectivity index (χ0) is 14.0. The van der Waals surface area contributed by atoms with Crippen LogP contribution in [-0.2, 0) is 9.59 Å². The lowest BCUT2D eigenvalue weighted by Gasteiger charge is -2.22. The topological polar surface area (TPSA) is 98.1 Å². The molecule has 0 saturated carbocycles. The molecule has 0 rings (SSSR count). The third-order valence-electron chi connectivity index (χ3n) is 2.77. The number of carbonyl (C=O) groups is 2. The molecule has 6 heteroatoms. The Hall–Kier alpha value is -1.14. The maximum Gasteiger partial charge on any atom is 0.307 e. The van der Waals surface area contributed by atoms with E-state index in [0.29, 0.717) is 6.42 Å². The molecule has 0 fully saturated rings. The summed E-state index contributed by atoms with van der Waals surface area (Å²) < 4.78 is 0. The van der Waals surface area contributed by atoms with Crippen molar-refractivity contribution < 1.29 is 24.9 Å². The van der Waals surface area contributed by atoms with Gasteiger partial charge in [-0.15, -0.1) is 0 Å². The lowest BCUT2D eigenvalue weighted by molar-refractivity contribution is -0.146. The van der Waals surface area contributed by atoms with E-state index >= 15 is 0 Å². The number of aliphatic carboxylic acids is 1. The first-order chi connectivity index (χ1) is 8.56. The molecule has 0 aromatic heterocycles. The molecule has 0 aliphatic carbocycles. The van der Waals surface area contributed by atoms with Crippen LogP contribution in [0.3, 0.4) is 0 Å². The van der Waals surface area contributed by atoms with Crippen LogP contribution in [0.15, 0.2) is 0 Å². The molecule has 0 aromatic rings. The van der Waals surface area contributed by atoms with Gasteiger partial charge in [-0.25, -0.2) is 0 Å². The molecule has 0 aromatic carbocycles. The minimum absolute atomic E-state index is 0.0741. The van der Waals surface area contributed by atoms with Crippen LogP contribution in [0.25, 0.3) is 0 Å². The Balaban J connectivity index is 4.39. The molecule has 106 valence electrons. The van der Waals surface area contributed by atoms with E-state index in [1.165, 1.54) is 4.90 Å². The van der Waals surface area contributed by atoms with Gasteiger partial charge >= 0.3 is 5.97 Å². The quantitative estimate of drug-likeness (QED) is 0.517. The molecule has 0 spiro atoms. The number of nitrogens with zero attached hydrogens (tertiary/aromatic N) is 1. The fraction of sp³-hybridized carbons (Fsp3) is 0.833. The average Bonchev–Trinajstić information content (AvgIpc) is 2.33. The summed E-state index contributed by atoms with van der Waals surface area (Å²) in [5.41, 5.74) is 0. The second-order valence-corrected chi connectivity index (χ2v) is 4.21. The van der Waals surface area contributed by atoms with Gasteiger partial charge in [-0.2, -0.15) is 0 Å². The highest BCUT2D eigenvalue weighted by molar-refractivity contribution is 5.82. The third-order valence-corrected chi connectivity index (χ3v) is 2.77. The number of hydrogen-bond donors (Lipinski definition) is 3. The summed E-state index contributed by atoms with van der Waals surface area (Å²) in [6.45, 7) is 1.82. The van der Waals surface area contributed by atoms with Crippen molar-refractivity contribution in [3.05, 3.63) is 0 Å². The van der Waals surface area contributed by atoms with Gasteiger partial charge in [0.05, 0.1) is 19.1 Å². The molecule has 3 N–H and O–H groups in total. The van der Waals surface area contributed by atoms with Gasteiger partial charge in [-0.3, -0.25) is 9.59 Å². The number of unbranched alkanes of at least 4 members (excludes halogenated alkanes) is 1.